The van der Waals surface area contributed by atoms with E-state index in [2.05, 4.69) is 40.6 Å². The number of halogens is 2. The van der Waals surface area contributed by atoms with E-state index in [1.165, 1.54) is 0 Å². The van der Waals surface area contributed by atoms with Gasteiger partial charge in [-0.3, -0.25) is 0 Å². The van der Waals surface area contributed by atoms with Crippen LogP contribution < -0.4 is 0 Å². The molecule has 0 saturated carbocycles. The molecule has 3 aromatic carbocycles. The number of aryl methyl sites for hydroxylation is 2. The van der Waals surface area contributed by atoms with Gasteiger partial charge < -0.3 is 18.1 Å². The van der Waals surface area contributed by atoms with Crippen LogP contribution in [0.3, 0.4) is 0 Å². The fraction of sp³-hybridized carbons (Fsp3) is 0.212. The number of hydrogen-bond donors (Lipinski definition) is 0. The maximum absolute atomic E-state index is 5.78. The zero-order valence-electron chi connectivity index (χ0n) is 24.1. The van der Waals surface area contributed by atoms with Crippen molar-refractivity contribution in [2.75, 3.05) is 11.8 Å². The second kappa shape index (κ2) is 14.5. The molecule has 0 unspecified atom stereocenters. The van der Waals surface area contributed by atoms with E-state index in [4.69, 9.17) is 41.3 Å². The molecular formula is C33H28Cl2N8O4. The Hall–Kier alpha value is -5.20. The van der Waals surface area contributed by atoms with Crippen LogP contribution in [0, 0.1) is 0 Å². The van der Waals surface area contributed by atoms with Crippen molar-refractivity contribution in [3.63, 3.8) is 0 Å². The monoisotopic (exact) mass is 670 g/mol. The molecule has 12 nitrogen and oxygen atoms in total. The first-order chi connectivity index (χ1) is 22.7. The Kier molecular flexibility index (Phi) is 9.79. The first-order valence-corrected chi connectivity index (χ1v) is 15.5. The van der Waals surface area contributed by atoms with Crippen LogP contribution in [-0.2, 0) is 12.8 Å². The number of alkyl halides is 2. The lowest BCUT2D eigenvalue weighted by molar-refractivity contribution is 0.378. The molecule has 0 fully saturated rings. The molecule has 7 rings (SSSR count). The van der Waals surface area contributed by atoms with E-state index in [0.29, 0.717) is 77.0 Å². The summed E-state index contributed by atoms with van der Waals surface area (Å²) in [5.74, 6) is 4.62. The molecule has 4 aromatic heterocycles. The highest BCUT2D eigenvalue weighted by Gasteiger charge is 2.17. The van der Waals surface area contributed by atoms with Gasteiger partial charge in [-0.15, -0.1) is 23.2 Å². The van der Waals surface area contributed by atoms with Gasteiger partial charge in [0.1, 0.15) is 0 Å². The molecule has 238 valence electrons. The van der Waals surface area contributed by atoms with E-state index in [1.54, 1.807) is 0 Å². The van der Waals surface area contributed by atoms with Crippen LogP contribution in [0.1, 0.15) is 32.0 Å². The molecule has 0 aliphatic carbocycles. The highest BCUT2D eigenvalue weighted by Crippen LogP contribution is 2.30. The molecule has 0 N–H and O–H groups in total. The van der Waals surface area contributed by atoms with Gasteiger partial charge >= 0.3 is 0 Å². The van der Waals surface area contributed by atoms with Gasteiger partial charge in [-0.1, -0.05) is 70.5 Å². The average Bonchev–Trinajstić information content (AvgIpc) is 3.94. The number of rotatable bonds is 12. The highest BCUT2D eigenvalue weighted by atomic mass is 35.5. The van der Waals surface area contributed by atoms with Crippen molar-refractivity contribution in [2.24, 2.45) is 0 Å². The summed E-state index contributed by atoms with van der Waals surface area (Å²) in [5.41, 5.74) is 4.42. The summed E-state index contributed by atoms with van der Waals surface area (Å²) in [6, 6.07) is 22.5. The molecule has 0 amide bonds. The standard InChI is InChI=1S/C32H24Cl2N8O4.CH4/c33-14-4-12-25-35-27(39-43-25)19-6-1-7-20(16-19)29-37-32(45-41-29)24-11-3-9-22(18-24)30-38-31(46-42-30)23-10-2-8-21(17-23)28-36-26(44-40-28)13-5-15-34;/h1-3,6-11,16-18H,4-5,12-15H2;1H4. The van der Waals surface area contributed by atoms with E-state index in [0.717, 1.165) is 40.7 Å². The Morgan fingerprint density at radius 3 is 1.19 bits per heavy atom. The Balaban J connectivity index is 0.00000386. The van der Waals surface area contributed by atoms with Crippen LogP contribution in [0.4, 0.5) is 0 Å². The Morgan fingerprint density at radius 2 is 0.787 bits per heavy atom. The molecule has 7 aromatic rings. The predicted octanol–water partition coefficient (Wildman–Crippen LogP) is 8.20. The van der Waals surface area contributed by atoms with Crippen LogP contribution in [0.2, 0.25) is 0 Å². The fourth-order valence-electron chi connectivity index (χ4n) is 4.68. The van der Waals surface area contributed by atoms with E-state index in [-0.39, 0.29) is 7.43 Å². The molecule has 0 saturated heterocycles. The van der Waals surface area contributed by atoms with Crippen molar-refractivity contribution in [1.29, 1.82) is 0 Å². The molecule has 0 aliphatic heterocycles. The van der Waals surface area contributed by atoms with Gasteiger partial charge in [-0.2, -0.15) is 19.9 Å². The maximum Gasteiger partial charge on any atom is 0.258 e. The van der Waals surface area contributed by atoms with Gasteiger partial charge in [0.2, 0.25) is 35.1 Å². The largest absolute Gasteiger partial charge is 0.339 e. The van der Waals surface area contributed by atoms with Gasteiger partial charge in [0.05, 0.1) is 0 Å². The van der Waals surface area contributed by atoms with Crippen LogP contribution in [0.5, 0.6) is 0 Å². The number of benzene rings is 3. The summed E-state index contributed by atoms with van der Waals surface area (Å²) in [4.78, 5) is 18.2. The van der Waals surface area contributed by atoms with Gasteiger partial charge in [0, 0.05) is 58.0 Å². The lowest BCUT2D eigenvalue weighted by Gasteiger charge is -1.99. The van der Waals surface area contributed by atoms with Crippen molar-refractivity contribution >= 4 is 23.2 Å². The normalized spacial score (nSPS) is 11.1. The lowest BCUT2D eigenvalue weighted by atomic mass is 10.1. The number of aromatic nitrogens is 8. The third-order valence-electron chi connectivity index (χ3n) is 6.95. The minimum atomic E-state index is 0. The number of nitrogens with zero attached hydrogens (tertiary/aromatic N) is 8. The first kappa shape index (κ1) is 31.8. The topological polar surface area (TPSA) is 156 Å². The molecular weight excluding hydrogens is 643 g/mol. The Labute approximate surface area is 279 Å². The molecule has 0 spiro atoms. The highest BCUT2D eigenvalue weighted by molar-refractivity contribution is 6.18. The summed E-state index contributed by atoms with van der Waals surface area (Å²) in [5, 5.41) is 16.6. The molecule has 0 aliphatic rings. The van der Waals surface area contributed by atoms with Crippen molar-refractivity contribution in [3.8, 4) is 68.5 Å². The minimum absolute atomic E-state index is 0. The summed E-state index contributed by atoms with van der Waals surface area (Å²) in [7, 11) is 0. The zero-order chi connectivity index (χ0) is 31.3. The van der Waals surface area contributed by atoms with E-state index >= 15 is 0 Å². The summed E-state index contributed by atoms with van der Waals surface area (Å²) in [6.07, 6.45) is 2.77. The van der Waals surface area contributed by atoms with Gasteiger partial charge in [0.25, 0.3) is 11.8 Å². The maximum atomic E-state index is 5.78. The second-order valence-corrected chi connectivity index (χ2v) is 11.0. The Bertz CT molecular complexity index is 1940. The van der Waals surface area contributed by atoms with E-state index < -0.39 is 0 Å². The Morgan fingerprint density at radius 1 is 0.447 bits per heavy atom. The molecule has 0 radical (unpaired) electrons. The molecule has 0 atom stereocenters. The van der Waals surface area contributed by atoms with E-state index in [9.17, 15) is 0 Å². The van der Waals surface area contributed by atoms with Crippen LogP contribution >= 0.6 is 23.2 Å². The average molecular weight is 672 g/mol. The summed E-state index contributed by atoms with van der Waals surface area (Å²) >= 11 is 11.6. The minimum Gasteiger partial charge on any atom is -0.339 e. The lowest BCUT2D eigenvalue weighted by Crippen LogP contribution is -1.88. The van der Waals surface area contributed by atoms with Crippen LogP contribution in [0.15, 0.2) is 90.9 Å². The second-order valence-electron chi connectivity index (χ2n) is 10.2. The molecule has 4 heterocycles. The third-order valence-corrected chi connectivity index (χ3v) is 7.49. The summed E-state index contributed by atoms with van der Waals surface area (Å²) < 4.78 is 21.9. The molecule has 14 heteroatoms. The van der Waals surface area contributed by atoms with Crippen LogP contribution in [0.25, 0.3) is 68.5 Å². The summed E-state index contributed by atoms with van der Waals surface area (Å²) in [6.45, 7) is 0. The quantitative estimate of drug-likeness (QED) is 0.115. The molecule has 47 heavy (non-hydrogen) atoms. The fourth-order valence-corrected chi connectivity index (χ4v) is 4.95. The number of hydrogen-bond acceptors (Lipinski definition) is 12. The van der Waals surface area contributed by atoms with Crippen molar-refractivity contribution in [3.05, 3.63) is 84.6 Å². The smallest absolute Gasteiger partial charge is 0.258 e. The zero-order valence-corrected chi connectivity index (χ0v) is 25.6. The van der Waals surface area contributed by atoms with E-state index in [1.807, 2.05) is 72.8 Å². The van der Waals surface area contributed by atoms with Gasteiger partial charge in [0.15, 0.2) is 0 Å². The van der Waals surface area contributed by atoms with Crippen molar-refractivity contribution in [1.82, 2.24) is 40.6 Å². The predicted molar refractivity (Wildman–Crippen MR) is 175 cm³/mol. The first-order valence-electron chi connectivity index (χ1n) is 14.4. The SMILES string of the molecule is C.ClCCCc1nc(-c2cccc(-c3noc(-c4cccc(-c5noc(-c6cccc(-c7noc(CCCCl)n7)c6)n5)c4)n3)c2)no1. The third kappa shape index (κ3) is 7.13. The van der Waals surface area contributed by atoms with Crippen LogP contribution in [-0.4, -0.2) is 52.3 Å². The molecule has 0 bridgehead atoms. The van der Waals surface area contributed by atoms with Gasteiger partial charge in [-0.05, 0) is 43.2 Å². The van der Waals surface area contributed by atoms with Gasteiger partial charge in [-0.25, -0.2) is 0 Å². The van der Waals surface area contributed by atoms with Crippen molar-refractivity contribution in [2.45, 2.75) is 33.1 Å². The van der Waals surface area contributed by atoms with Crippen molar-refractivity contribution < 1.29 is 18.1 Å².